The molecule has 2 aromatic rings. The van der Waals surface area contributed by atoms with Gasteiger partial charge >= 0.3 is 5.97 Å². The van der Waals surface area contributed by atoms with Crippen LogP contribution in [0.1, 0.15) is 39.9 Å². The first-order valence-electron chi connectivity index (χ1n) is 8.76. The molecule has 25 heavy (non-hydrogen) atoms. The summed E-state index contributed by atoms with van der Waals surface area (Å²) in [6.07, 6.45) is 3.48. The van der Waals surface area contributed by atoms with Crippen molar-refractivity contribution in [3.05, 3.63) is 70.8 Å². The molecule has 1 saturated carbocycles. The van der Waals surface area contributed by atoms with E-state index in [-0.39, 0.29) is 11.3 Å². The van der Waals surface area contributed by atoms with Crippen molar-refractivity contribution in [1.29, 1.82) is 0 Å². The highest BCUT2D eigenvalue weighted by molar-refractivity contribution is 5.88. The minimum absolute atomic E-state index is 0.225. The molecule has 0 spiro atoms. The van der Waals surface area contributed by atoms with E-state index >= 15 is 0 Å². The van der Waals surface area contributed by atoms with E-state index in [0.717, 1.165) is 43.4 Å². The lowest BCUT2D eigenvalue weighted by Gasteiger charge is -2.32. The lowest BCUT2D eigenvalue weighted by Crippen LogP contribution is -2.41. The molecule has 1 aliphatic carbocycles. The largest absolute Gasteiger partial charge is 0.478 e. The smallest absolute Gasteiger partial charge is 0.335 e. The number of rotatable bonds is 4. The second-order valence-corrected chi connectivity index (χ2v) is 7.21. The molecule has 1 heterocycles. The molecule has 1 N–H and O–H groups in total. The molecule has 4 heteroatoms. The molecule has 4 rings (SSSR count). The van der Waals surface area contributed by atoms with E-state index in [2.05, 4.69) is 12.1 Å². The molecule has 1 fully saturated rings. The zero-order valence-corrected chi connectivity index (χ0v) is 14.1. The second kappa shape index (κ2) is 6.03. The molecule has 4 nitrogen and oxygen atoms in total. The summed E-state index contributed by atoms with van der Waals surface area (Å²) in [6.45, 7) is 1.24. The standard InChI is InChI=1S/C21H21NO3/c23-19(24)17-7-6-16-8-11-22(14-18(16)12-17)20(25)21(9-10-21)13-15-4-2-1-3-5-15/h1-7,12H,8-11,13-14H2,(H,23,24). The normalized spacial score (nSPS) is 17.7. The molecule has 0 saturated heterocycles. The Kier molecular flexibility index (Phi) is 3.83. The third kappa shape index (κ3) is 3.04. The summed E-state index contributed by atoms with van der Waals surface area (Å²) in [5.74, 6) is -0.697. The summed E-state index contributed by atoms with van der Waals surface area (Å²) in [6, 6.07) is 15.4. The Morgan fingerprint density at radius 2 is 1.80 bits per heavy atom. The Balaban J connectivity index is 1.52. The Bertz CT molecular complexity index is 824. The fourth-order valence-corrected chi connectivity index (χ4v) is 3.80. The molecule has 0 radical (unpaired) electrons. The first-order valence-corrected chi connectivity index (χ1v) is 8.76. The number of fused-ring (bicyclic) bond motifs is 1. The summed E-state index contributed by atoms with van der Waals surface area (Å²) >= 11 is 0. The number of carboxylic acids is 1. The third-order valence-electron chi connectivity index (χ3n) is 5.45. The molecule has 1 amide bonds. The van der Waals surface area contributed by atoms with E-state index in [9.17, 15) is 14.7 Å². The first-order chi connectivity index (χ1) is 12.1. The van der Waals surface area contributed by atoms with Crippen LogP contribution in [0.5, 0.6) is 0 Å². The van der Waals surface area contributed by atoms with Crippen LogP contribution in [0.3, 0.4) is 0 Å². The Morgan fingerprint density at radius 3 is 2.48 bits per heavy atom. The number of amides is 1. The van der Waals surface area contributed by atoms with Gasteiger partial charge in [0.05, 0.1) is 11.0 Å². The van der Waals surface area contributed by atoms with Gasteiger partial charge in [-0.05, 0) is 54.5 Å². The van der Waals surface area contributed by atoms with Crippen molar-refractivity contribution in [3.63, 3.8) is 0 Å². The average molecular weight is 335 g/mol. The highest BCUT2D eigenvalue weighted by Crippen LogP contribution is 2.50. The van der Waals surface area contributed by atoms with Gasteiger partial charge in [-0.2, -0.15) is 0 Å². The highest BCUT2D eigenvalue weighted by Gasteiger charge is 2.51. The van der Waals surface area contributed by atoms with Crippen LogP contribution in [-0.4, -0.2) is 28.4 Å². The molecule has 2 aromatic carbocycles. The summed E-state index contributed by atoms with van der Waals surface area (Å²) in [5.41, 5.74) is 3.37. The van der Waals surface area contributed by atoms with E-state index in [1.165, 1.54) is 5.56 Å². The first kappa shape index (κ1) is 15.9. The number of aromatic carboxylic acids is 1. The number of carboxylic acid groups (broad SMARTS) is 1. The number of nitrogens with zero attached hydrogens (tertiary/aromatic N) is 1. The van der Waals surface area contributed by atoms with Crippen molar-refractivity contribution in [1.82, 2.24) is 4.90 Å². The monoisotopic (exact) mass is 335 g/mol. The van der Waals surface area contributed by atoms with Gasteiger partial charge in [0, 0.05) is 13.1 Å². The van der Waals surface area contributed by atoms with Gasteiger partial charge in [-0.1, -0.05) is 36.4 Å². The Labute approximate surface area is 147 Å². The molecular weight excluding hydrogens is 314 g/mol. The minimum atomic E-state index is -0.922. The van der Waals surface area contributed by atoms with Crippen molar-refractivity contribution in [3.8, 4) is 0 Å². The predicted octanol–water partition coefficient (Wildman–Crippen LogP) is 3.29. The Hall–Kier alpha value is -2.62. The number of hydrogen-bond acceptors (Lipinski definition) is 2. The fraction of sp³-hybridized carbons (Fsp3) is 0.333. The molecule has 0 unspecified atom stereocenters. The van der Waals surface area contributed by atoms with Crippen molar-refractivity contribution in [2.24, 2.45) is 5.41 Å². The molecule has 0 aromatic heterocycles. The van der Waals surface area contributed by atoms with E-state index in [1.54, 1.807) is 12.1 Å². The number of benzene rings is 2. The zero-order chi connectivity index (χ0) is 17.4. The molecule has 0 bridgehead atoms. The van der Waals surface area contributed by atoms with Gasteiger partial charge in [-0.25, -0.2) is 4.79 Å². The maximum atomic E-state index is 13.1. The number of carbonyl (C=O) groups excluding carboxylic acids is 1. The fourth-order valence-electron chi connectivity index (χ4n) is 3.80. The summed E-state index contributed by atoms with van der Waals surface area (Å²) in [7, 11) is 0. The SMILES string of the molecule is O=C(O)c1ccc2c(c1)CN(C(=O)C1(Cc3ccccc3)CC1)CC2. The average Bonchev–Trinajstić information content (AvgIpc) is 3.41. The van der Waals surface area contributed by atoms with Gasteiger partial charge in [0.2, 0.25) is 5.91 Å². The number of carbonyl (C=O) groups is 2. The van der Waals surface area contributed by atoms with Gasteiger partial charge in [-0.15, -0.1) is 0 Å². The zero-order valence-electron chi connectivity index (χ0n) is 14.1. The number of hydrogen-bond donors (Lipinski definition) is 1. The van der Waals surface area contributed by atoms with Gasteiger partial charge in [0.25, 0.3) is 0 Å². The quantitative estimate of drug-likeness (QED) is 0.933. The topological polar surface area (TPSA) is 57.6 Å². The van der Waals surface area contributed by atoms with Crippen LogP contribution >= 0.6 is 0 Å². The summed E-state index contributed by atoms with van der Waals surface area (Å²) < 4.78 is 0. The van der Waals surface area contributed by atoms with Crippen molar-refractivity contribution in [2.75, 3.05) is 6.54 Å². The van der Waals surface area contributed by atoms with Crippen LogP contribution in [-0.2, 0) is 24.2 Å². The Morgan fingerprint density at radius 1 is 1.04 bits per heavy atom. The van der Waals surface area contributed by atoms with E-state index in [0.29, 0.717) is 12.1 Å². The van der Waals surface area contributed by atoms with Crippen LogP contribution in [0.25, 0.3) is 0 Å². The van der Waals surface area contributed by atoms with Crippen LogP contribution in [0.15, 0.2) is 48.5 Å². The second-order valence-electron chi connectivity index (χ2n) is 7.21. The molecule has 1 aliphatic heterocycles. The van der Waals surface area contributed by atoms with Crippen molar-refractivity contribution < 1.29 is 14.7 Å². The van der Waals surface area contributed by atoms with Gasteiger partial charge < -0.3 is 10.0 Å². The summed E-state index contributed by atoms with van der Waals surface area (Å²) in [4.78, 5) is 26.2. The van der Waals surface area contributed by atoms with E-state index in [4.69, 9.17) is 0 Å². The van der Waals surface area contributed by atoms with Crippen LogP contribution < -0.4 is 0 Å². The highest BCUT2D eigenvalue weighted by atomic mass is 16.4. The lowest BCUT2D eigenvalue weighted by molar-refractivity contribution is -0.138. The van der Waals surface area contributed by atoms with Crippen LogP contribution in [0.2, 0.25) is 0 Å². The van der Waals surface area contributed by atoms with Crippen molar-refractivity contribution >= 4 is 11.9 Å². The van der Waals surface area contributed by atoms with Crippen LogP contribution in [0, 0.1) is 5.41 Å². The van der Waals surface area contributed by atoms with Gasteiger partial charge in [0.15, 0.2) is 0 Å². The predicted molar refractivity (Wildman–Crippen MR) is 94.3 cm³/mol. The van der Waals surface area contributed by atoms with Gasteiger partial charge in [0.1, 0.15) is 0 Å². The maximum absolute atomic E-state index is 13.1. The van der Waals surface area contributed by atoms with Crippen molar-refractivity contribution in [2.45, 2.75) is 32.2 Å². The van der Waals surface area contributed by atoms with Gasteiger partial charge in [-0.3, -0.25) is 4.79 Å². The van der Waals surface area contributed by atoms with Crippen LogP contribution in [0.4, 0.5) is 0 Å². The third-order valence-corrected chi connectivity index (χ3v) is 5.45. The molecule has 0 atom stereocenters. The molecule has 2 aliphatic rings. The molecule has 128 valence electrons. The minimum Gasteiger partial charge on any atom is -0.478 e. The molecular formula is C21H21NO3. The van der Waals surface area contributed by atoms with E-state index < -0.39 is 5.97 Å². The lowest BCUT2D eigenvalue weighted by atomic mass is 9.92. The van der Waals surface area contributed by atoms with E-state index in [1.807, 2.05) is 29.2 Å². The maximum Gasteiger partial charge on any atom is 0.335 e. The summed E-state index contributed by atoms with van der Waals surface area (Å²) in [5, 5.41) is 9.18.